The van der Waals surface area contributed by atoms with Gasteiger partial charge >= 0.3 is 5.97 Å². The van der Waals surface area contributed by atoms with Crippen molar-refractivity contribution in [2.75, 3.05) is 0 Å². The zero-order valence-corrected chi connectivity index (χ0v) is 7.14. The average molecular weight is 186 g/mol. The molecule has 0 saturated carbocycles. The number of para-hydroxylation sites is 1. The average Bonchev–Trinajstić information content (AvgIpc) is 2.56. The zero-order valence-electron chi connectivity index (χ0n) is 7.14. The maximum absolute atomic E-state index is 10.8. The largest absolute Gasteiger partial charge is 0.477 e. The maximum atomic E-state index is 10.8. The van der Waals surface area contributed by atoms with Gasteiger partial charge in [0.1, 0.15) is 5.69 Å². The number of hydrogen-bond acceptors (Lipinski definition) is 2. The van der Waals surface area contributed by atoms with Crippen LogP contribution in [0.2, 0.25) is 0 Å². The SMILES string of the molecule is N#Cn1c(C(=O)O)cc2ccccc21. The first-order chi connectivity index (χ1) is 6.74. The molecule has 0 fully saturated rings. The Labute approximate surface area is 79.6 Å². The molecule has 14 heavy (non-hydrogen) atoms. The Morgan fingerprint density at radius 3 is 2.79 bits per heavy atom. The molecular weight excluding hydrogens is 180 g/mol. The molecular formula is C10H6N2O2. The molecule has 0 atom stereocenters. The van der Waals surface area contributed by atoms with Gasteiger partial charge < -0.3 is 5.11 Å². The fourth-order valence-corrected chi connectivity index (χ4v) is 1.42. The van der Waals surface area contributed by atoms with E-state index in [9.17, 15) is 4.79 Å². The van der Waals surface area contributed by atoms with Gasteiger partial charge in [-0.2, -0.15) is 5.26 Å². The Kier molecular flexibility index (Phi) is 1.72. The van der Waals surface area contributed by atoms with Crippen LogP contribution in [0.4, 0.5) is 0 Å². The van der Waals surface area contributed by atoms with E-state index in [-0.39, 0.29) is 5.69 Å². The molecule has 1 aromatic carbocycles. The molecule has 0 amide bonds. The van der Waals surface area contributed by atoms with Crippen LogP contribution in [0, 0.1) is 11.5 Å². The lowest BCUT2D eigenvalue weighted by molar-refractivity contribution is 0.0689. The number of carboxylic acids is 1. The number of benzene rings is 1. The van der Waals surface area contributed by atoms with Crippen molar-refractivity contribution in [3.8, 4) is 6.19 Å². The van der Waals surface area contributed by atoms with Gasteiger partial charge in [0.15, 0.2) is 6.19 Å². The van der Waals surface area contributed by atoms with Gasteiger partial charge in [-0.3, -0.25) is 0 Å². The first kappa shape index (κ1) is 8.32. The highest BCUT2D eigenvalue weighted by Crippen LogP contribution is 2.18. The van der Waals surface area contributed by atoms with E-state index in [1.54, 1.807) is 24.3 Å². The van der Waals surface area contributed by atoms with Gasteiger partial charge in [0.05, 0.1) is 5.52 Å². The first-order valence-electron chi connectivity index (χ1n) is 3.98. The van der Waals surface area contributed by atoms with E-state index in [2.05, 4.69) is 0 Å². The third kappa shape index (κ3) is 1.04. The fourth-order valence-electron chi connectivity index (χ4n) is 1.42. The number of rotatable bonds is 1. The van der Waals surface area contributed by atoms with E-state index < -0.39 is 5.97 Å². The number of carbonyl (C=O) groups is 1. The standard InChI is InChI=1S/C10H6N2O2/c11-6-12-8-4-2-1-3-7(8)5-9(12)10(13)14/h1-5H,(H,13,14). The lowest BCUT2D eigenvalue weighted by Gasteiger charge is -1.94. The second-order valence-corrected chi connectivity index (χ2v) is 2.83. The third-order valence-corrected chi connectivity index (χ3v) is 2.03. The first-order valence-corrected chi connectivity index (χ1v) is 3.98. The van der Waals surface area contributed by atoms with Gasteiger partial charge in [-0.1, -0.05) is 18.2 Å². The van der Waals surface area contributed by atoms with Crippen molar-refractivity contribution in [1.82, 2.24) is 4.57 Å². The summed E-state index contributed by atoms with van der Waals surface area (Å²) in [6.45, 7) is 0. The van der Waals surface area contributed by atoms with Gasteiger partial charge in [-0.25, -0.2) is 9.36 Å². The van der Waals surface area contributed by atoms with E-state index >= 15 is 0 Å². The van der Waals surface area contributed by atoms with Crippen molar-refractivity contribution in [2.24, 2.45) is 0 Å². The van der Waals surface area contributed by atoms with Crippen molar-refractivity contribution < 1.29 is 9.90 Å². The van der Waals surface area contributed by atoms with Gasteiger partial charge in [-0.15, -0.1) is 0 Å². The second kappa shape index (κ2) is 2.89. The van der Waals surface area contributed by atoms with Gasteiger partial charge in [0.2, 0.25) is 0 Å². The van der Waals surface area contributed by atoms with Crippen LogP contribution in [-0.2, 0) is 0 Å². The van der Waals surface area contributed by atoms with Gasteiger partial charge in [0.25, 0.3) is 0 Å². The predicted molar refractivity (Wildman–Crippen MR) is 49.9 cm³/mol. The van der Waals surface area contributed by atoms with Crippen molar-refractivity contribution in [3.05, 3.63) is 36.0 Å². The molecule has 2 aromatic rings. The molecule has 1 aromatic heterocycles. The Morgan fingerprint density at radius 1 is 1.43 bits per heavy atom. The lowest BCUT2D eigenvalue weighted by atomic mass is 10.2. The van der Waals surface area contributed by atoms with E-state index in [0.29, 0.717) is 5.52 Å². The molecule has 0 aliphatic carbocycles. The van der Waals surface area contributed by atoms with Crippen molar-refractivity contribution in [2.45, 2.75) is 0 Å². The highest BCUT2D eigenvalue weighted by molar-refractivity contribution is 5.95. The highest BCUT2D eigenvalue weighted by atomic mass is 16.4. The molecule has 0 unspecified atom stereocenters. The third-order valence-electron chi connectivity index (χ3n) is 2.03. The second-order valence-electron chi connectivity index (χ2n) is 2.83. The van der Waals surface area contributed by atoms with E-state index in [1.807, 2.05) is 6.19 Å². The molecule has 0 bridgehead atoms. The molecule has 0 spiro atoms. The van der Waals surface area contributed by atoms with E-state index in [0.717, 1.165) is 9.95 Å². The van der Waals surface area contributed by atoms with E-state index in [1.165, 1.54) is 6.07 Å². The molecule has 0 saturated heterocycles. The molecule has 0 aliphatic rings. The summed E-state index contributed by atoms with van der Waals surface area (Å²) in [5.41, 5.74) is 0.612. The Balaban J connectivity index is 2.87. The number of carboxylic acid groups (broad SMARTS) is 1. The molecule has 4 heteroatoms. The summed E-state index contributed by atoms with van der Waals surface area (Å²) in [7, 11) is 0. The van der Waals surface area contributed by atoms with Crippen molar-refractivity contribution in [1.29, 1.82) is 5.26 Å². The molecule has 1 N–H and O–H groups in total. The van der Waals surface area contributed by atoms with Crippen LogP contribution < -0.4 is 0 Å². The summed E-state index contributed by atoms with van der Waals surface area (Å²) in [6.07, 6.45) is 1.84. The smallest absolute Gasteiger partial charge is 0.353 e. The summed E-state index contributed by atoms with van der Waals surface area (Å²) in [6, 6.07) is 8.54. The van der Waals surface area contributed by atoms with Crippen LogP contribution in [0.25, 0.3) is 10.9 Å². The van der Waals surface area contributed by atoms with Crippen LogP contribution in [-0.4, -0.2) is 15.6 Å². The summed E-state index contributed by atoms with van der Waals surface area (Å²) < 4.78 is 1.11. The topological polar surface area (TPSA) is 66.0 Å². The molecule has 0 radical (unpaired) electrons. The number of nitrogens with zero attached hydrogens (tertiary/aromatic N) is 2. The lowest BCUT2D eigenvalue weighted by Crippen LogP contribution is -2.03. The van der Waals surface area contributed by atoms with E-state index in [4.69, 9.17) is 10.4 Å². The van der Waals surface area contributed by atoms with Crippen LogP contribution >= 0.6 is 0 Å². The monoisotopic (exact) mass is 186 g/mol. The fraction of sp³-hybridized carbons (Fsp3) is 0. The minimum absolute atomic E-state index is 0.00583. The number of aromatic nitrogens is 1. The van der Waals surface area contributed by atoms with Crippen LogP contribution in [0.15, 0.2) is 30.3 Å². The maximum Gasteiger partial charge on any atom is 0.353 e. The molecule has 2 rings (SSSR count). The van der Waals surface area contributed by atoms with Crippen LogP contribution in [0.5, 0.6) is 0 Å². The van der Waals surface area contributed by atoms with Gasteiger partial charge in [0, 0.05) is 5.39 Å². The Bertz CT molecular complexity index is 549. The van der Waals surface area contributed by atoms with Crippen LogP contribution in [0.1, 0.15) is 10.5 Å². The van der Waals surface area contributed by atoms with Gasteiger partial charge in [-0.05, 0) is 12.1 Å². The minimum atomic E-state index is -1.09. The van der Waals surface area contributed by atoms with Crippen LogP contribution in [0.3, 0.4) is 0 Å². The number of fused-ring (bicyclic) bond motifs is 1. The Morgan fingerprint density at radius 2 is 2.14 bits per heavy atom. The molecule has 1 heterocycles. The molecule has 0 aliphatic heterocycles. The summed E-state index contributed by atoms with van der Waals surface area (Å²) in [5.74, 6) is -1.09. The van der Waals surface area contributed by atoms with Crippen molar-refractivity contribution >= 4 is 16.9 Å². The Hall–Kier alpha value is -2.28. The summed E-state index contributed by atoms with van der Waals surface area (Å²) in [5, 5.41) is 18.4. The van der Waals surface area contributed by atoms with Crippen molar-refractivity contribution in [3.63, 3.8) is 0 Å². The molecule has 4 nitrogen and oxygen atoms in total. The summed E-state index contributed by atoms with van der Waals surface area (Å²) in [4.78, 5) is 10.8. The quantitative estimate of drug-likeness (QED) is 0.736. The number of aromatic carboxylic acids is 1. The number of hydrogen-bond donors (Lipinski definition) is 1. The molecule has 68 valence electrons. The highest BCUT2D eigenvalue weighted by Gasteiger charge is 2.13. The summed E-state index contributed by atoms with van der Waals surface area (Å²) >= 11 is 0. The minimum Gasteiger partial charge on any atom is -0.477 e. The predicted octanol–water partition coefficient (Wildman–Crippen LogP) is 1.67. The normalized spacial score (nSPS) is 9.93. The number of nitriles is 1. The zero-order chi connectivity index (χ0) is 10.1.